The molecule has 0 saturated carbocycles. The fraction of sp³-hybridized carbons (Fsp3) is 0.364. The second-order valence-electron chi connectivity index (χ2n) is 3.39. The Kier molecular flexibility index (Phi) is 4.04. The molecule has 0 fully saturated rings. The van der Waals surface area contributed by atoms with E-state index in [1.54, 1.807) is 25.6 Å². The minimum absolute atomic E-state index is 0.578. The smallest absolute Gasteiger partial charge is 0.183 e. The molecule has 17 heavy (non-hydrogen) atoms. The van der Waals surface area contributed by atoms with Crippen molar-refractivity contribution < 1.29 is 9.47 Å². The maximum absolute atomic E-state index is 6.04. The van der Waals surface area contributed by atoms with Crippen LogP contribution in [0.3, 0.4) is 0 Å². The van der Waals surface area contributed by atoms with Crippen molar-refractivity contribution in [3.8, 4) is 5.75 Å². The largest absolute Gasteiger partial charge is 0.495 e. The topological polar surface area (TPSA) is 43.4 Å². The molecule has 1 heterocycles. The van der Waals surface area contributed by atoms with Crippen molar-refractivity contribution in [2.24, 2.45) is 0 Å². The Bertz CT molecular complexity index is 515. The highest BCUT2D eigenvalue weighted by Gasteiger charge is 2.08. The summed E-state index contributed by atoms with van der Waals surface area (Å²) in [5.74, 6) is 0.672. The number of hydrogen-bond donors (Lipinski definition) is 1. The number of nitrogens with zero attached hydrogens (tertiary/aromatic N) is 1. The van der Waals surface area contributed by atoms with Gasteiger partial charge in [0.15, 0.2) is 5.13 Å². The van der Waals surface area contributed by atoms with Crippen LogP contribution in [0.2, 0.25) is 5.02 Å². The molecule has 0 atom stereocenters. The number of fused-ring (bicyclic) bond motifs is 1. The first kappa shape index (κ1) is 12.4. The summed E-state index contributed by atoms with van der Waals surface area (Å²) in [6.45, 7) is 1.39. The number of anilines is 1. The monoisotopic (exact) mass is 272 g/mol. The number of ether oxygens (including phenoxy) is 2. The molecule has 0 bridgehead atoms. The molecule has 0 amide bonds. The summed E-state index contributed by atoms with van der Waals surface area (Å²) >= 11 is 7.61. The predicted molar refractivity (Wildman–Crippen MR) is 71.5 cm³/mol. The molecular formula is C11H13ClN2O2S. The number of rotatable bonds is 5. The average molecular weight is 273 g/mol. The van der Waals surface area contributed by atoms with Crippen LogP contribution in [0, 0.1) is 0 Å². The van der Waals surface area contributed by atoms with Gasteiger partial charge in [-0.15, -0.1) is 0 Å². The molecule has 0 aliphatic heterocycles. The molecule has 0 aliphatic rings. The van der Waals surface area contributed by atoms with Crippen LogP contribution in [-0.4, -0.2) is 32.4 Å². The summed E-state index contributed by atoms with van der Waals surface area (Å²) in [5.41, 5.74) is 0.876. The zero-order valence-electron chi connectivity index (χ0n) is 9.62. The van der Waals surface area contributed by atoms with Gasteiger partial charge >= 0.3 is 0 Å². The van der Waals surface area contributed by atoms with E-state index in [9.17, 15) is 0 Å². The molecule has 0 unspecified atom stereocenters. The summed E-state index contributed by atoms with van der Waals surface area (Å²) in [7, 11) is 3.27. The minimum atomic E-state index is 0.578. The number of aromatic nitrogens is 1. The lowest BCUT2D eigenvalue weighted by Crippen LogP contribution is -2.06. The number of halogens is 1. The van der Waals surface area contributed by atoms with Gasteiger partial charge < -0.3 is 14.8 Å². The fourth-order valence-corrected chi connectivity index (χ4v) is 2.56. The van der Waals surface area contributed by atoms with Crippen LogP contribution in [0.25, 0.3) is 10.2 Å². The van der Waals surface area contributed by atoms with Crippen LogP contribution >= 0.6 is 22.9 Å². The summed E-state index contributed by atoms with van der Waals surface area (Å²) in [6.07, 6.45) is 0. The van der Waals surface area contributed by atoms with Crippen LogP contribution in [0.15, 0.2) is 12.1 Å². The standard InChI is InChI=1S/C11H13ClN2O2S/c1-15-4-3-13-11-14-8-5-7(12)9(16-2)6-10(8)17-11/h5-6H,3-4H2,1-2H3,(H,13,14). The van der Waals surface area contributed by atoms with Gasteiger partial charge in [-0.1, -0.05) is 22.9 Å². The highest BCUT2D eigenvalue weighted by Crippen LogP contribution is 2.34. The molecule has 0 spiro atoms. The van der Waals surface area contributed by atoms with Crippen molar-refractivity contribution in [3.05, 3.63) is 17.2 Å². The van der Waals surface area contributed by atoms with E-state index in [2.05, 4.69) is 10.3 Å². The Morgan fingerprint density at radius 1 is 1.41 bits per heavy atom. The second-order valence-corrected chi connectivity index (χ2v) is 4.83. The van der Waals surface area contributed by atoms with Crippen LogP contribution in [0.5, 0.6) is 5.75 Å². The molecule has 0 aliphatic carbocycles. The van der Waals surface area contributed by atoms with Crippen LogP contribution in [-0.2, 0) is 4.74 Å². The van der Waals surface area contributed by atoms with Crippen LogP contribution in [0.1, 0.15) is 0 Å². The van der Waals surface area contributed by atoms with Crippen LogP contribution < -0.4 is 10.1 Å². The highest BCUT2D eigenvalue weighted by molar-refractivity contribution is 7.22. The third kappa shape index (κ3) is 2.80. The van der Waals surface area contributed by atoms with Crippen molar-refractivity contribution in [3.63, 3.8) is 0 Å². The first-order valence-electron chi connectivity index (χ1n) is 5.11. The summed E-state index contributed by atoms with van der Waals surface area (Å²) in [4.78, 5) is 4.43. The van der Waals surface area contributed by atoms with Gasteiger partial charge in [-0.2, -0.15) is 0 Å². The van der Waals surface area contributed by atoms with Gasteiger partial charge in [0.1, 0.15) is 5.75 Å². The number of methoxy groups -OCH3 is 2. The molecule has 92 valence electrons. The van der Waals surface area contributed by atoms with Gasteiger partial charge in [-0.05, 0) is 6.07 Å². The molecular weight excluding hydrogens is 260 g/mol. The molecule has 1 aromatic heterocycles. The molecule has 2 rings (SSSR count). The first-order chi connectivity index (χ1) is 8.24. The van der Waals surface area contributed by atoms with E-state index in [-0.39, 0.29) is 0 Å². The quantitative estimate of drug-likeness (QED) is 0.850. The molecule has 1 N–H and O–H groups in total. The van der Waals surface area contributed by atoms with Crippen molar-refractivity contribution >= 4 is 38.3 Å². The zero-order valence-corrected chi connectivity index (χ0v) is 11.2. The Morgan fingerprint density at radius 3 is 2.94 bits per heavy atom. The minimum Gasteiger partial charge on any atom is -0.495 e. The molecule has 2 aromatic rings. The summed E-state index contributed by atoms with van der Waals surface area (Å²) < 4.78 is 11.2. The fourth-order valence-electron chi connectivity index (χ4n) is 1.42. The number of nitrogens with one attached hydrogen (secondary N) is 1. The van der Waals surface area contributed by atoms with E-state index in [4.69, 9.17) is 21.1 Å². The Morgan fingerprint density at radius 2 is 2.24 bits per heavy atom. The summed E-state index contributed by atoms with van der Waals surface area (Å²) in [6, 6.07) is 3.71. The van der Waals surface area contributed by atoms with Crippen molar-refractivity contribution in [1.82, 2.24) is 4.98 Å². The van der Waals surface area contributed by atoms with Crippen molar-refractivity contribution in [2.75, 3.05) is 32.7 Å². The van der Waals surface area contributed by atoms with Crippen molar-refractivity contribution in [2.45, 2.75) is 0 Å². The molecule has 1 aromatic carbocycles. The Labute approximate surface area is 109 Å². The maximum Gasteiger partial charge on any atom is 0.183 e. The highest BCUT2D eigenvalue weighted by atomic mass is 35.5. The van der Waals surface area contributed by atoms with Gasteiger partial charge in [-0.3, -0.25) is 0 Å². The SMILES string of the molecule is COCCNc1nc2cc(Cl)c(OC)cc2s1. The lowest BCUT2D eigenvalue weighted by Gasteiger charge is -2.00. The molecule has 6 heteroatoms. The normalized spacial score (nSPS) is 10.8. The number of benzene rings is 1. The Balaban J connectivity index is 2.24. The maximum atomic E-state index is 6.04. The predicted octanol–water partition coefficient (Wildman–Crippen LogP) is 3.02. The third-order valence-electron chi connectivity index (χ3n) is 2.24. The van der Waals surface area contributed by atoms with E-state index in [1.165, 1.54) is 0 Å². The van der Waals surface area contributed by atoms with Gasteiger partial charge in [0.2, 0.25) is 0 Å². The third-order valence-corrected chi connectivity index (χ3v) is 3.52. The van der Waals surface area contributed by atoms with E-state index in [1.807, 2.05) is 12.1 Å². The lowest BCUT2D eigenvalue weighted by molar-refractivity contribution is 0.211. The lowest BCUT2D eigenvalue weighted by atomic mass is 10.3. The molecule has 4 nitrogen and oxygen atoms in total. The Hall–Kier alpha value is -1.04. The average Bonchev–Trinajstić information content (AvgIpc) is 2.70. The zero-order chi connectivity index (χ0) is 12.3. The van der Waals surface area contributed by atoms with E-state index >= 15 is 0 Å². The summed E-state index contributed by atoms with van der Waals surface area (Å²) in [5, 5.41) is 4.63. The van der Waals surface area contributed by atoms with Gasteiger partial charge in [0.05, 0.1) is 29.0 Å². The number of thiazole rings is 1. The van der Waals surface area contributed by atoms with E-state index < -0.39 is 0 Å². The van der Waals surface area contributed by atoms with Gasteiger partial charge in [0, 0.05) is 19.7 Å². The van der Waals surface area contributed by atoms with Crippen LogP contribution in [0.4, 0.5) is 5.13 Å². The number of hydrogen-bond acceptors (Lipinski definition) is 5. The van der Waals surface area contributed by atoms with E-state index in [0.29, 0.717) is 17.4 Å². The molecule has 0 saturated heterocycles. The van der Waals surface area contributed by atoms with Gasteiger partial charge in [-0.25, -0.2) is 4.98 Å². The first-order valence-corrected chi connectivity index (χ1v) is 6.31. The van der Waals surface area contributed by atoms with Gasteiger partial charge in [0.25, 0.3) is 0 Å². The molecule has 0 radical (unpaired) electrons. The second kappa shape index (κ2) is 5.53. The van der Waals surface area contributed by atoms with Crippen molar-refractivity contribution in [1.29, 1.82) is 0 Å². The van der Waals surface area contributed by atoms with E-state index in [0.717, 1.165) is 21.9 Å².